The van der Waals surface area contributed by atoms with E-state index in [1.54, 1.807) is 31.0 Å². The molecule has 2 atom stereocenters. The van der Waals surface area contributed by atoms with Crippen molar-refractivity contribution in [2.45, 2.75) is 18.8 Å². The van der Waals surface area contributed by atoms with Crippen LogP contribution in [0.15, 0.2) is 72.0 Å². The van der Waals surface area contributed by atoms with Crippen LogP contribution in [0, 0.1) is 6.92 Å². The molecule has 0 radical (unpaired) electrons. The fourth-order valence-corrected chi connectivity index (χ4v) is 4.01. The van der Waals surface area contributed by atoms with E-state index in [0.717, 1.165) is 16.7 Å². The number of hydrogen-bond acceptors (Lipinski definition) is 7. The highest BCUT2D eigenvalue weighted by Crippen LogP contribution is 2.39. The Morgan fingerprint density at radius 2 is 1.84 bits per heavy atom. The maximum absolute atomic E-state index is 13.2. The monoisotopic (exact) mass is 412 g/mol. The zero-order valence-corrected chi connectivity index (χ0v) is 16.9. The van der Waals surface area contributed by atoms with E-state index in [2.05, 4.69) is 25.1 Å². The Labute approximate surface area is 179 Å². The molecule has 8 nitrogen and oxygen atoms in total. The van der Waals surface area contributed by atoms with Crippen molar-refractivity contribution in [3.63, 3.8) is 0 Å². The lowest BCUT2D eigenvalue weighted by atomic mass is 9.90. The van der Waals surface area contributed by atoms with Gasteiger partial charge in [0, 0.05) is 61.8 Å². The van der Waals surface area contributed by atoms with E-state index in [1.807, 2.05) is 48.4 Å². The van der Waals surface area contributed by atoms with Gasteiger partial charge in [-0.25, -0.2) is 0 Å². The van der Waals surface area contributed by atoms with E-state index in [0.29, 0.717) is 30.4 Å². The van der Waals surface area contributed by atoms with Crippen LogP contribution in [0.4, 0.5) is 0 Å². The first kappa shape index (κ1) is 19.0. The smallest absolute Gasteiger partial charge is 0.255 e. The third-order valence-corrected chi connectivity index (χ3v) is 5.54. The molecule has 154 valence electrons. The molecule has 1 saturated heterocycles. The van der Waals surface area contributed by atoms with Crippen molar-refractivity contribution >= 4 is 5.91 Å². The van der Waals surface area contributed by atoms with E-state index >= 15 is 0 Å². The van der Waals surface area contributed by atoms with Gasteiger partial charge in [0.1, 0.15) is 0 Å². The molecule has 5 rings (SSSR count). The molecule has 4 aromatic heterocycles. The average molecular weight is 412 g/mol. The van der Waals surface area contributed by atoms with Gasteiger partial charge < -0.3 is 9.42 Å². The molecule has 1 amide bonds. The van der Waals surface area contributed by atoms with Gasteiger partial charge in [-0.3, -0.25) is 19.7 Å². The number of aryl methyl sites for hydroxylation is 1. The summed E-state index contributed by atoms with van der Waals surface area (Å²) < 4.78 is 5.66. The van der Waals surface area contributed by atoms with Gasteiger partial charge in [-0.2, -0.15) is 4.98 Å². The van der Waals surface area contributed by atoms with Gasteiger partial charge >= 0.3 is 0 Å². The Bertz CT molecular complexity index is 1190. The van der Waals surface area contributed by atoms with Crippen molar-refractivity contribution in [3.05, 3.63) is 90.1 Å². The molecule has 0 spiro atoms. The van der Waals surface area contributed by atoms with E-state index in [4.69, 9.17) is 4.52 Å². The molecule has 0 aromatic carbocycles. The lowest BCUT2D eigenvalue weighted by Crippen LogP contribution is -2.29. The van der Waals surface area contributed by atoms with E-state index in [9.17, 15) is 4.79 Å². The van der Waals surface area contributed by atoms with Gasteiger partial charge in [-0.15, -0.1) is 0 Å². The quantitative estimate of drug-likeness (QED) is 0.507. The summed E-state index contributed by atoms with van der Waals surface area (Å²) in [6, 6.07) is 9.45. The first-order chi connectivity index (χ1) is 15.2. The summed E-state index contributed by atoms with van der Waals surface area (Å²) >= 11 is 0. The Hall–Kier alpha value is -3.94. The van der Waals surface area contributed by atoms with E-state index in [1.165, 1.54) is 0 Å². The third-order valence-electron chi connectivity index (χ3n) is 5.54. The number of likely N-dealkylation sites (tertiary alicyclic amines) is 1. The normalized spacial score (nSPS) is 18.3. The predicted molar refractivity (Wildman–Crippen MR) is 112 cm³/mol. The molecule has 0 unspecified atom stereocenters. The van der Waals surface area contributed by atoms with Crippen LogP contribution in [0.25, 0.3) is 11.4 Å². The van der Waals surface area contributed by atoms with Crippen LogP contribution in [0.3, 0.4) is 0 Å². The summed E-state index contributed by atoms with van der Waals surface area (Å²) in [5.74, 6) is 0.838. The summed E-state index contributed by atoms with van der Waals surface area (Å²) in [4.78, 5) is 32.1. The highest BCUT2D eigenvalue weighted by Gasteiger charge is 2.40. The average Bonchev–Trinajstić information content (AvgIpc) is 3.47. The second-order valence-corrected chi connectivity index (χ2v) is 7.65. The Kier molecular flexibility index (Phi) is 4.95. The van der Waals surface area contributed by atoms with Crippen LogP contribution in [0.2, 0.25) is 0 Å². The maximum Gasteiger partial charge on any atom is 0.255 e. The zero-order valence-electron chi connectivity index (χ0n) is 16.9. The Morgan fingerprint density at radius 1 is 1.00 bits per heavy atom. The fraction of sp³-hybridized carbons (Fsp3) is 0.217. The molecule has 0 aliphatic carbocycles. The molecule has 0 bridgehead atoms. The van der Waals surface area contributed by atoms with Crippen molar-refractivity contribution in [1.29, 1.82) is 0 Å². The van der Waals surface area contributed by atoms with Gasteiger partial charge in [0.2, 0.25) is 11.7 Å². The number of aromatic nitrogens is 5. The van der Waals surface area contributed by atoms with Crippen LogP contribution < -0.4 is 0 Å². The van der Waals surface area contributed by atoms with Gasteiger partial charge in [-0.05, 0) is 42.3 Å². The summed E-state index contributed by atoms with van der Waals surface area (Å²) in [6.07, 6.45) is 10.3. The van der Waals surface area contributed by atoms with Crippen molar-refractivity contribution in [2.24, 2.45) is 0 Å². The van der Waals surface area contributed by atoms with Crippen molar-refractivity contribution in [2.75, 3.05) is 13.1 Å². The number of hydrogen-bond donors (Lipinski definition) is 0. The van der Waals surface area contributed by atoms with Gasteiger partial charge in [-0.1, -0.05) is 11.2 Å². The molecule has 8 heteroatoms. The third kappa shape index (κ3) is 3.79. The van der Waals surface area contributed by atoms with Crippen LogP contribution in [-0.2, 0) is 0 Å². The Morgan fingerprint density at radius 3 is 2.61 bits per heavy atom. The molecule has 0 N–H and O–H groups in total. The number of pyridine rings is 3. The summed E-state index contributed by atoms with van der Waals surface area (Å²) in [6.45, 7) is 2.94. The number of nitrogens with zero attached hydrogens (tertiary/aromatic N) is 6. The van der Waals surface area contributed by atoms with Crippen molar-refractivity contribution in [3.8, 4) is 11.4 Å². The Balaban J connectivity index is 1.47. The highest BCUT2D eigenvalue weighted by atomic mass is 16.5. The number of carbonyl (C=O) groups is 1. The molecule has 1 fully saturated rings. The molecular weight excluding hydrogens is 392 g/mol. The first-order valence-electron chi connectivity index (χ1n) is 10.0. The molecule has 1 aliphatic rings. The van der Waals surface area contributed by atoms with Crippen LogP contribution >= 0.6 is 0 Å². The lowest BCUT2D eigenvalue weighted by Gasteiger charge is -2.16. The number of carbonyl (C=O) groups excluding carboxylic acids is 1. The molecule has 5 heterocycles. The number of rotatable bonds is 4. The van der Waals surface area contributed by atoms with Crippen LogP contribution in [0.1, 0.15) is 39.2 Å². The van der Waals surface area contributed by atoms with Gasteiger partial charge in [0.15, 0.2) is 0 Å². The second kappa shape index (κ2) is 8.06. The van der Waals surface area contributed by atoms with Crippen LogP contribution in [0.5, 0.6) is 0 Å². The molecule has 0 saturated carbocycles. The largest absolute Gasteiger partial charge is 0.339 e. The lowest BCUT2D eigenvalue weighted by molar-refractivity contribution is 0.0787. The van der Waals surface area contributed by atoms with Gasteiger partial charge in [0.05, 0.1) is 11.5 Å². The molecule has 31 heavy (non-hydrogen) atoms. The second-order valence-electron chi connectivity index (χ2n) is 7.65. The standard InChI is InChI=1S/C23H20N6O2/c1-15-9-18(12-26-10-15)23(30)29-13-19(17-3-2-6-25-11-17)20(14-29)22-27-21(28-31-22)16-4-7-24-8-5-16/h2-12,19-20H,13-14H2,1H3/t19-,20+/m0/s1. The predicted octanol–water partition coefficient (Wildman–Crippen LogP) is 3.25. The zero-order chi connectivity index (χ0) is 21.2. The van der Waals surface area contributed by atoms with E-state index in [-0.39, 0.29) is 17.7 Å². The highest BCUT2D eigenvalue weighted by molar-refractivity contribution is 5.94. The fourth-order valence-electron chi connectivity index (χ4n) is 4.01. The maximum atomic E-state index is 13.2. The minimum atomic E-state index is -0.131. The van der Waals surface area contributed by atoms with Crippen LogP contribution in [-0.4, -0.2) is 49.0 Å². The molecular formula is C23H20N6O2. The van der Waals surface area contributed by atoms with Crippen molar-refractivity contribution < 1.29 is 9.32 Å². The first-order valence-corrected chi connectivity index (χ1v) is 10.0. The van der Waals surface area contributed by atoms with Gasteiger partial charge in [0.25, 0.3) is 5.91 Å². The molecule has 1 aliphatic heterocycles. The minimum absolute atomic E-state index is 0.00107. The summed E-state index contributed by atoms with van der Waals surface area (Å²) in [5.41, 5.74) is 3.39. The SMILES string of the molecule is Cc1cncc(C(=O)N2C[C@@H](c3cccnc3)[C@H](c3nc(-c4ccncc4)no3)C2)c1. The molecule has 4 aromatic rings. The number of amides is 1. The topological polar surface area (TPSA) is 97.9 Å². The summed E-state index contributed by atoms with van der Waals surface area (Å²) in [5, 5.41) is 4.16. The summed E-state index contributed by atoms with van der Waals surface area (Å²) in [7, 11) is 0. The van der Waals surface area contributed by atoms with Crippen molar-refractivity contribution in [1.82, 2.24) is 30.0 Å². The minimum Gasteiger partial charge on any atom is -0.339 e. The van der Waals surface area contributed by atoms with E-state index < -0.39 is 0 Å².